The molecule has 0 saturated heterocycles. The largest absolute Gasteiger partial charge is 0.465 e. The lowest BCUT2D eigenvalue weighted by Gasteiger charge is -2.45. The Kier molecular flexibility index (Phi) is 6.46. The minimum absolute atomic E-state index is 0.259. The molecule has 1 heterocycles. The van der Waals surface area contributed by atoms with E-state index < -0.39 is 5.97 Å². The van der Waals surface area contributed by atoms with E-state index in [9.17, 15) is 9.18 Å². The van der Waals surface area contributed by atoms with Gasteiger partial charge in [0.05, 0.1) is 30.6 Å². The molecular formula is C22H26FN3O2. The van der Waals surface area contributed by atoms with Crippen molar-refractivity contribution in [3.05, 3.63) is 84.5 Å². The summed E-state index contributed by atoms with van der Waals surface area (Å²) in [5, 5.41) is 3.82. The molecule has 148 valence electrons. The number of aryl methyl sites for hydroxylation is 1. The summed E-state index contributed by atoms with van der Waals surface area (Å²) in [6.07, 6.45) is 0. The third-order valence-electron chi connectivity index (χ3n) is 4.84. The number of hydrogen-bond acceptors (Lipinski definition) is 5. The van der Waals surface area contributed by atoms with Crippen LogP contribution >= 0.6 is 0 Å². The summed E-state index contributed by atoms with van der Waals surface area (Å²) < 4.78 is 19.2. The van der Waals surface area contributed by atoms with E-state index in [-0.39, 0.29) is 5.82 Å². The van der Waals surface area contributed by atoms with E-state index in [1.165, 1.54) is 13.2 Å². The van der Waals surface area contributed by atoms with Gasteiger partial charge in [-0.15, -0.1) is 13.2 Å². The molecular weight excluding hydrogens is 357 g/mol. The molecule has 0 fully saturated rings. The third-order valence-corrected chi connectivity index (χ3v) is 4.84. The van der Waals surface area contributed by atoms with Crippen molar-refractivity contribution in [2.75, 3.05) is 31.1 Å². The quantitative estimate of drug-likeness (QED) is 0.576. The zero-order chi connectivity index (χ0) is 21.0. The first-order valence-corrected chi connectivity index (χ1v) is 8.75. The second-order valence-electron chi connectivity index (χ2n) is 6.28. The lowest BCUT2D eigenvalue weighted by atomic mass is 10.1. The molecule has 0 saturated carbocycles. The SMILES string of the molecule is C=C.C=C1N(Cc2c(C)cccc2F)c2cc(C(=O)OC)ccc2N(C)N1C. The van der Waals surface area contributed by atoms with Crippen LogP contribution in [0.1, 0.15) is 21.5 Å². The molecule has 2 aromatic carbocycles. The highest BCUT2D eigenvalue weighted by molar-refractivity contribution is 5.93. The lowest BCUT2D eigenvalue weighted by Crippen LogP contribution is -2.47. The summed E-state index contributed by atoms with van der Waals surface area (Å²) in [5.41, 5.74) is 3.57. The smallest absolute Gasteiger partial charge is 0.337 e. The highest BCUT2D eigenvalue weighted by Crippen LogP contribution is 2.39. The number of fused-ring (bicyclic) bond motifs is 1. The van der Waals surface area contributed by atoms with Crippen molar-refractivity contribution in [1.29, 1.82) is 0 Å². The van der Waals surface area contributed by atoms with Crippen molar-refractivity contribution in [2.24, 2.45) is 0 Å². The van der Waals surface area contributed by atoms with Crippen LogP contribution in [0.2, 0.25) is 0 Å². The van der Waals surface area contributed by atoms with Crippen LogP contribution < -0.4 is 9.91 Å². The Labute approximate surface area is 165 Å². The van der Waals surface area contributed by atoms with Crippen molar-refractivity contribution in [1.82, 2.24) is 5.01 Å². The van der Waals surface area contributed by atoms with Crippen LogP contribution in [-0.2, 0) is 11.3 Å². The molecule has 0 spiro atoms. The van der Waals surface area contributed by atoms with Gasteiger partial charge < -0.3 is 9.64 Å². The van der Waals surface area contributed by atoms with Crippen LogP contribution in [0.25, 0.3) is 0 Å². The molecule has 3 rings (SSSR count). The number of methoxy groups -OCH3 is 1. The number of carbonyl (C=O) groups is 1. The molecule has 0 aromatic heterocycles. The highest BCUT2D eigenvalue weighted by Gasteiger charge is 2.29. The number of hydrazine groups is 1. The number of hydrogen-bond donors (Lipinski definition) is 0. The first-order chi connectivity index (χ1) is 13.3. The first-order valence-electron chi connectivity index (χ1n) is 8.75. The maximum absolute atomic E-state index is 14.4. The van der Waals surface area contributed by atoms with Gasteiger partial charge in [-0.2, -0.15) is 0 Å². The number of esters is 1. The van der Waals surface area contributed by atoms with Gasteiger partial charge >= 0.3 is 5.97 Å². The van der Waals surface area contributed by atoms with Gasteiger partial charge in [0.15, 0.2) is 0 Å². The molecule has 28 heavy (non-hydrogen) atoms. The fraction of sp³-hybridized carbons (Fsp3) is 0.227. The van der Waals surface area contributed by atoms with Crippen molar-refractivity contribution in [3.63, 3.8) is 0 Å². The predicted octanol–water partition coefficient (Wildman–Crippen LogP) is 4.50. The van der Waals surface area contributed by atoms with Crippen LogP contribution in [0.15, 0.2) is 62.0 Å². The number of carbonyl (C=O) groups excluding carboxylic acids is 1. The molecule has 0 bridgehead atoms. The summed E-state index contributed by atoms with van der Waals surface area (Å²) >= 11 is 0. The number of halogens is 1. The molecule has 1 aliphatic rings. The van der Waals surface area contributed by atoms with E-state index in [0.29, 0.717) is 23.5 Å². The molecule has 2 aromatic rings. The monoisotopic (exact) mass is 383 g/mol. The second kappa shape index (κ2) is 8.61. The topological polar surface area (TPSA) is 36.0 Å². The number of nitrogens with zero attached hydrogens (tertiary/aromatic N) is 3. The molecule has 0 amide bonds. The van der Waals surface area contributed by atoms with Crippen molar-refractivity contribution in [3.8, 4) is 0 Å². The summed E-state index contributed by atoms with van der Waals surface area (Å²) in [5.74, 6) is 0.0109. The van der Waals surface area contributed by atoms with Gasteiger partial charge in [-0.3, -0.25) is 10.0 Å². The van der Waals surface area contributed by atoms with E-state index >= 15 is 0 Å². The van der Waals surface area contributed by atoms with Crippen molar-refractivity contribution >= 4 is 17.3 Å². The maximum Gasteiger partial charge on any atom is 0.337 e. The molecule has 1 aliphatic heterocycles. The fourth-order valence-electron chi connectivity index (χ4n) is 3.11. The fourth-order valence-corrected chi connectivity index (χ4v) is 3.11. The van der Waals surface area contributed by atoms with Gasteiger partial charge in [-0.1, -0.05) is 18.7 Å². The predicted molar refractivity (Wildman–Crippen MR) is 112 cm³/mol. The number of rotatable bonds is 3. The van der Waals surface area contributed by atoms with Gasteiger partial charge in [-0.05, 0) is 36.8 Å². The number of benzene rings is 2. The summed E-state index contributed by atoms with van der Waals surface area (Å²) in [6.45, 7) is 12.3. The second-order valence-corrected chi connectivity index (χ2v) is 6.28. The average Bonchev–Trinajstić information content (AvgIpc) is 2.71. The first kappa shape index (κ1) is 21.0. The summed E-state index contributed by atoms with van der Waals surface area (Å²) in [7, 11) is 5.15. The van der Waals surface area contributed by atoms with Crippen molar-refractivity contribution < 1.29 is 13.9 Å². The molecule has 0 aliphatic carbocycles. The minimum atomic E-state index is -0.415. The molecule has 6 heteroatoms. The van der Waals surface area contributed by atoms with E-state index in [1.807, 2.05) is 48.1 Å². The van der Waals surface area contributed by atoms with Crippen LogP contribution in [0.3, 0.4) is 0 Å². The Morgan fingerprint density at radius 3 is 2.39 bits per heavy atom. The Morgan fingerprint density at radius 2 is 1.79 bits per heavy atom. The van der Waals surface area contributed by atoms with Crippen LogP contribution in [0.4, 0.5) is 15.8 Å². The zero-order valence-electron chi connectivity index (χ0n) is 16.8. The van der Waals surface area contributed by atoms with E-state index in [2.05, 4.69) is 19.7 Å². The third kappa shape index (κ3) is 3.71. The van der Waals surface area contributed by atoms with Crippen molar-refractivity contribution in [2.45, 2.75) is 13.5 Å². The molecule has 5 nitrogen and oxygen atoms in total. The minimum Gasteiger partial charge on any atom is -0.465 e. The summed E-state index contributed by atoms with van der Waals surface area (Å²) in [4.78, 5) is 13.9. The Morgan fingerprint density at radius 1 is 1.11 bits per heavy atom. The zero-order valence-corrected chi connectivity index (χ0v) is 16.8. The lowest BCUT2D eigenvalue weighted by molar-refractivity contribution is 0.0600. The van der Waals surface area contributed by atoms with Gasteiger partial charge in [0.25, 0.3) is 0 Å². The Bertz CT molecular complexity index is 877. The standard InChI is InChI=1S/C20H22FN3O2.C2H4/c1-13-7-6-8-17(21)16(13)12-24-14(2)22(3)23(4)18-10-9-15(11-19(18)24)20(25)26-5;1-2/h6-11H,2,12H2,1,3-5H3;1-2H2. The highest BCUT2D eigenvalue weighted by atomic mass is 19.1. The Hall–Kier alpha value is -3.28. The molecule has 0 atom stereocenters. The van der Waals surface area contributed by atoms with E-state index in [4.69, 9.17) is 4.74 Å². The van der Waals surface area contributed by atoms with Crippen LogP contribution in [-0.4, -0.2) is 32.2 Å². The Balaban J connectivity index is 0.00000136. The number of anilines is 2. The number of ether oxygens (including phenoxy) is 1. The summed E-state index contributed by atoms with van der Waals surface area (Å²) in [6, 6.07) is 10.4. The molecule has 0 radical (unpaired) electrons. The normalized spacial score (nSPS) is 12.9. The van der Waals surface area contributed by atoms with Gasteiger partial charge in [0.2, 0.25) is 0 Å². The molecule has 0 N–H and O–H groups in total. The van der Waals surface area contributed by atoms with E-state index in [1.54, 1.807) is 18.2 Å². The van der Waals surface area contributed by atoms with Crippen LogP contribution in [0, 0.1) is 12.7 Å². The maximum atomic E-state index is 14.4. The van der Waals surface area contributed by atoms with Gasteiger partial charge in [-0.25, -0.2) is 9.18 Å². The molecule has 0 unspecified atom stereocenters. The van der Waals surface area contributed by atoms with E-state index in [0.717, 1.165) is 16.9 Å². The van der Waals surface area contributed by atoms with Gasteiger partial charge in [0.1, 0.15) is 11.6 Å². The average molecular weight is 383 g/mol. The van der Waals surface area contributed by atoms with Crippen LogP contribution in [0.5, 0.6) is 0 Å². The van der Waals surface area contributed by atoms with Gasteiger partial charge in [0, 0.05) is 19.7 Å².